The molecule has 0 fully saturated rings. The fraction of sp³-hybridized carbons (Fsp3) is 0.300. The van der Waals surface area contributed by atoms with Crippen LogP contribution in [0.5, 0.6) is 0 Å². The summed E-state index contributed by atoms with van der Waals surface area (Å²) in [7, 11) is 0. The average Bonchev–Trinajstić information content (AvgIpc) is 2.05. The van der Waals surface area contributed by atoms with Gasteiger partial charge in [0.05, 0.1) is 0 Å². The molecule has 0 aliphatic heterocycles. The van der Waals surface area contributed by atoms with Crippen LogP contribution in [-0.4, -0.2) is 5.78 Å². The predicted molar refractivity (Wildman–Crippen MR) is 58.5 cm³/mol. The number of carbonyl (C=O) groups is 1. The van der Waals surface area contributed by atoms with E-state index in [0.717, 1.165) is 15.6 Å². The monoisotopic (exact) mass is 274 g/mol. The molecule has 0 saturated heterocycles. The van der Waals surface area contributed by atoms with Crippen molar-refractivity contribution < 1.29 is 4.79 Å². The summed E-state index contributed by atoms with van der Waals surface area (Å²) in [5.41, 5.74) is 2.07. The van der Waals surface area contributed by atoms with Crippen molar-refractivity contribution in [2.45, 2.75) is 20.3 Å². The van der Waals surface area contributed by atoms with Crippen molar-refractivity contribution >= 4 is 28.4 Å². The average molecular weight is 274 g/mol. The molecule has 12 heavy (non-hydrogen) atoms. The third kappa shape index (κ3) is 2.06. The van der Waals surface area contributed by atoms with Crippen LogP contribution in [0.25, 0.3) is 0 Å². The molecule has 0 radical (unpaired) electrons. The molecule has 0 unspecified atom stereocenters. The SMILES string of the molecule is CCc1ccc(I)c(C(C)=O)c1. The van der Waals surface area contributed by atoms with Crippen LogP contribution >= 0.6 is 22.6 Å². The molecule has 0 aliphatic rings. The summed E-state index contributed by atoms with van der Waals surface area (Å²) < 4.78 is 1.04. The van der Waals surface area contributed by atoms with Crippen LogP contribution in [0.4, 0.5) is 0 Å². The lowest BCUT2D eigenvalue weighted by atomic mass is 10.1. The first-order chi connectivity index (χ1) is 5.65. The molecule has 1 aromatic rings. The molecular weight excluding hydrogens is 263 g/mol. The number of aryl methyl sites for hydroxylation is 1. The number of rotatable bonds is 2. The molecule has 0 N–H and O–H groups in total. The van der Waals surface area contributed by atoms with Gasteiger partial charge in [0, 0.05) is 9.13 Å². The fourth-order valence-electron chi connectivity index (χ4n) is 1.06. The van der Waals surface area contributed by atoms with E-state index in [4.69, 9.17) is 0 Å². The first-order valence-corrected chi connectivity index (χ1v) is 5.02. The van der Waals surface area contributed by atoms with Gasteiger partial charge >= 0.3 is 0 Å². The minimum absolute atomic E-state index is 0.148. The highest BCUT2D eigenvalue weighted by Gasteiger charge is 2.04. The molecule has 1 rings (SSSR count). The molecule has 0 amide bonds. The molecular formula is C10H11IO. The van der Waals surface area contributed by atoms with Crippen molar-refractivity contribution in [3.8, 4) is 0 Å². The van der Waals surface area contributed by atoms with Gasteiger partial charge in [0.1, 0.15) is 0 Å². The quantitative estimate of drug-likeness (QED) is 0.598. The standard InChI is InChI=1S/C10H11IO/c1-3-8-4-5-10(11)9(6-8)7(2)12/h4-6H,3H2,1-2H3. The zero-order chi connectivity index (χ0) is 9.14. The third-order valence-electron chi connectivity index (χ3n) is 1.82. The molecule has 0 bridgehead atoms. The van der Waals surface area contributed by atoms with E-state index in [2.05, 4.69) is 35.6 Å². The van der Waals surface area contributed by atoms with Crippen molar-refractivity contribution in [2.75, 3.05) is 0 Å². The van der Waals surface area contributed by atoms with Gasteiger partial charge in [-0.05, 0) is 53.6 Å². The van der Waals surface area contributed by atoms with Gasteiger partial charge in [-0.15, -0.1) is 0 Å². The smallest absolute Gasteiger partial charge is 0.160 e. The Labute approximate surface area is 86.3 Å². The molecule has 64 valence electrons. The second-order valence-electron chi connectivity index (χ2n) is 2.72. The molecule has 0 aliphatic carbocycles. The molecule has 1 nitrogen and oxygen atoms in total. The summed E-state index contributed by atoms with van der Waals surface area (Å²) in [6.07, 6.45) is 0.983. The molecule has 1 aromatic carbocycles. The summed E-state index contributed by atoms with van der Waals surface area (Å²) >= 11 is 2.19. The first-order valence-electron chi connectivity index (χ1n) is 3.94. The summed E-state index contributed by atoms with van der Waals surface area (Å²) in [6, 6.07) is 6.04. The van der Waals surface area contributed by atoms with E-state index in [0.29, 0.717) is 0 Å². The number of carbonyl (C=O) groups excluding carboxylic acids is 1. The number of Topliss-reactive ketones (excluding diaryl/α,β-unsaturated/α-hetero) is 1. The Morgan fingerprint density at radius 2 is 2.17 bits per heavy atom. The van der Waals surface area contributed by atoms with Gasteiger partial charge in [-0.2, -0.15) is 0 Å². The topological polar surface area (TPSA) is 17.1 Å². The Morgan fingerprint density at radius 1 is 1.50 bits per heavy atom. The van der Waals surface area contributed by atoms with Gasteiger partial charge in [0.2, 0.25) is 0 Å². The Morgan fingerprint density at radius 3 is 2.67 bits per heavy atom. The number of ketones is 1. The number of hydrogen-bond acceptors (Lipinski definition) is 1. The summed E-state index contributed by atoms with van der Waals surface area (Å²) in [5.74, 6) is 0.148. The lowest BCUT2D eigenvalue weighted by Gasteiger charge is -2.02. The van der Waals surface area contributed by atoms with Gasteiger partial charge in [0.15, 0.2) is 5.78 Å². The van der Waals surface area contributed by atoms with Crippen molar-refractivity contribution in [1.29, 1.82) is 0 Å². The number of benzene rings is 1. The van der Waals surface area contributed by atoms with Crippen LogP contribution in [0.15, 0.2) is 18.2 Å². The van der Waals surface area contributed by atoms with Crippen LogP contribution in [0.3, 0.4) is 0 Å². The van der Waals surface area contributed by atoms with Crippen LogP contribution in [0.2, 0.25) is 0 Å². The minimum Gasteiger partial charge on any atom is -0.294 e. The summed E-state index contributed by atoms with van der Waals surface area (Å²) in [6.45, 7) is 3.70. The van der Waals surface area contributed by atoms with Crippen LogP contribution in [0.1, 0.15) is 29.8 Å². The molecule has 0 aromatic heterocycles. The van der Waals surface area contributed by atoms with Crippen LogP contribution in [-0.2, 0) is 6.42 Å². The highest BCUT2D eigenvalue weighted by Crippen LogP contribution is 2.15. The van der Waals surface area contributed by atoms with E-state index >= 15 is 0 Å². The molecule has 0 atom stereocenters. The minimum atomic E-state index is 0.148. The van der Waals surface area contributed by atoms with Crippen molar-refractivity contribution in [3.63, 3.8) is 0 Å². The van der Waals surface area contributed by atoms with Crippen molar-refractivity contribution in [3.05, 3.63) is 32.9 Å². The van der Waals surface area contributed by atoms with Gasteiger partial charge in [-0.3, -0.25) is 4.79 Å². The Balaban J connectivity index is 3.17. The van der Waals surface area contributed by atoms with Gasteiger partial charge in [0.25, 0.3) is 0 Å². The van der Waals surface area contributed by atoms with E-state index in [-0.39, 0.29) is 5.78 Å². The summed E-state index contributed by atoms with van der Waals surface area (Å²) in [4.78, 5) is 11.1. The number of hydrogen-bond donors (Lipinski definition) is 0. The molecule has 2 heteroatoms. The van der Waals surface area contributed by atoms with Crippen LogP contribution in [0, 0.1) is 3.57 Å². The molecule has 0 spiro atoms. The lowest BCUT2D eigenvalue weighted by Crippen LogP contribution is -1.97. The largest absolute Gasteiger partial charge is 0.294 e. The van der Waals surface area contributed by atoms with E-state index in [1.165, 1.54) is 5.56 Å². The fourth-order valence-corrected chi connectivity index (χ4v) is 1.78. The normalized spacial score (nSPS) is 9.92. The Hall–Kier alpha value is -0.380. The van der Waals surface area contributed by atoms with E-state index in [1.807, 2.05) is 12.1 Å². The summed E-state index contributed by atoms with van der Waals surface area (Å²) in [5, 5.41) is 0. The maximum absolute atomic E-state index is 11.1. The molecule has 0 heterocycles. The highest BCUT2D eigenvalue weighted by molar-refractivity contribution is 14.1. The Bertz CT molecular complexity index is 305. The van der Waals surface area contributed by atoms with Gasteiger partial charge in [-0.25, -0.2) is 0 Å². The molecule has 0 saturated carbocycles. The third-order valence-corrected chi connectivity index (χ3v) is 2.76. The zero-order valence-electron chi connectivity index (χ0n) is 7.23. The second-order valence-corrected chi connectivity index (χ2v) is 3.89. The van der Waals surface area contributed by atoms with Gasteiger partial charge in [-0.1, -0.05) is 13.0 Å². The number of halogens is 1. The second kappa shape index (κ2) is 4.03. The maximum atomic E-state index is 11.1. The van der Waals surface area contributed by atoms with Crippen molar-refractivity contribution in [2.24, 2.45) is 0 Å². The zero-order valence-corrected chi connectivity index (χ0v) is 9.38. The highest BCUT2D eigenvalue weighted by atomic mass is 127. The Kier molecular flexibility index (Phi) is 3.26. The predicted octanol–water partition coefficient (Wildman–Crippen LogP) is 3.06. The van der Waals surface area contributed by atoms with Crippen molar-refractivity contribution in [1.82, 2.24) is 0 Å². The lowest BCUT2D eigenvalue weighted by molar-refractivity contribution is 0.101. The first kappa shape index (κ1) is 9.71. The van der Waals surface area contributed by atoms with Crippen LogP contribution < -0.4 is 0 Å². The van der Waals surface area contributed by atoms with E-state index in [1.54, 1.807) is 6.92 Å². The maximum Gasteiger partial charge on any atom is 0.160 e. The van der Waals surface area contributed by atoms with E-state index < -0.39 is 0 Å². The van der Waals surface area contributed by atoms with E-state index in [9.17, 15) is 4.79 Å². The van der Waals surface area contributed by atoms with Gasteiger partial charge < -0.3 is 0 Å².